The molecule has 0 aliphatic carbocycles. The molecule has 0 N–H and O–H groups in total. The number of aryl methyl sites for hydroxylation is 2. The molecular formula is C14H16F3N3S. The predicted octanol–water partition coefficient (Wildman–Crippen LogP) is 3.87. The lowest BCUT2D eigenvalue weighted by Gasteiger charge is -2.09. The molecule has 2 aromatic rings. The zero-order valence-corrected chi connectivity index (χ0v) is 12.4. The number of halogens is 3. The smallest absolute Gasteiger partial charge is 0.299 e. The van der Waals surface area contributed by atoms with Crippen LogP contribution in [-0.2, 0) is 13.0 Å². The minimum absolute atomic E-state index is 0.317. The molecule has 0 aliphatic rings. The number of rotatable bonds is 6. The van der Waals surface area contributed by atoms with E-state index >= 15 is 0 Å². The molecule has 1 aromatic heterocycles. The summed E-state index contributed by atoms with van der Waals surface area (Å²) in [6.07, 6.45) is -1.34. The summed E-state index contributed by atoms with van der Waals surface area (Å²) < 4.78 is 38.1. The van der Waals surface area contributed by atoms with Gasteiger partial charge in [-0.25, -0.2) is 0 Å². The van der Waals surface area contributed by atoms with Crippen LogP contribution < -0.4 is 0 Å². The van der Waals surface area contributed by atoms with Crippen molar-refractivity contribution in [3.05, 3.63) is 41.7 Å². The van der Waals surface area contributed by atoms with Gasteiger partial charge in [-0.3, -0.25) is 4.57 Å². The van der Waals surface area contributed by atoms with Crippen LogP contribution in [-0.4, -0.2) is 26.7 Å². The molecule has 0 radical (unpaired) electrons. The average Bonchev–Trinajstić information content (AvgIpc) is 2.82. The maximum atomic E-state index is 12.4. The van der Waals surface area contributed by atoms with Gasteiger partial charge >= 0.3 is 6.18 Å². The standard InChI is InChI=1S/C14H16F3N3S/c1-11-5-2-3-6-12(11)7-4-8-21-13-19-18-10-20(13)9-14(15,16)17/h2-3,5-6,10H,4,7-9H2,1H3. The SMILES string of the molecule is Cc1ccccc1CCCSc1nncn1CC(F)(F)F. The molecule has 2 rings (SSSR count). The van der Waals surface area contributed by atoms with E-state index in [1.807, 2.05) is 12.1 Å². The van der Waals surface area contributed by atoms with E-state index in [1.165, 1.54) is 22.9 Å². The number of aromatic nitrogens is 3. The summed E-state index contributed by atoms with van der Waals surface area (Å²) in [7, 11) is 0. The molecule has 0 atom stereocenters. The average molecular weight is 315 g/mol. The fourth-order valence-electron chi connectivity index (χ4n) is 1.97. The normalized spacial score (nSPS) is 11.8. The highest BCUT2D eigenvalue weighted by atomic mass is 32.2. The van der Waals surface area contributed by atoms with E-state index in [0.717, 1.165) is 23.7 Å². The molecule has 0 amide bonds. The van der Waals surface area contributed by atoms with Gasteiger partial charge in [0.2, 0.25) is 0 Å². The maximum absolute atomic E-state index is 12.4. The van der Waals surface area contributed by atoms with Crippen molar-refractivity contribution in [1.82, 2.24) is 14.8 Å². The van der Waals surface area contributed by atoms with E-state index in [4.69, 9.17) is 0 Å². The van der Waals surface area contributed by atoms with Gasteiger partial charge < -0.3 is 0 Å². The van der Waals surface area contributed by atoms with Crippen molar-refractivity contribution in [2.45, 2.75) is 37.6 Å². The summed E-state index contributed by atoms with van der Waals surface area (Å²) in [6.45, 7) is 1.02. The van der Waals surface area contributed by atoms with Gasteiger partial charge in [0.1, 0.15) is 12.9 Å². The first kappa shape index (κ1) is 15.9. The number of hydrogen-bond donors (Lipinski definition) is 0. The first-order valence-corrected chi connectivity index (χ1v) is 7.56. The Hall–Kier alpha value is -1.50. The van der Waals surface area contributed by atoms with E-state index in [0.29, 0.717) is 10.9 Å². The number of thioether (sulfide) groups is 1. The Kier molecular flexibility index (Phi) is 5.27. The van der Waals surface area contributed by atoms with Gasteiger partial charge in [0, 0.05) is 5.75 Å². The van der Waals surface area contributed by atoms with Crippen molar-refractivity contribution < 1.29 is 13.2 Å². The third-order valence-electron chi connectivity index (χ3n) is 3.01. The van der Waals surface area contributed by atoms with Crippen molar-refractivity contribution in [2.75, 3.05) is 5.75 Å². The molecular weight excluding hydrogens is 299 g/mol. The molecule has 7 heteroatoms. The van der Waals surface area contributed by atoms with Crippen LogP contribution in [0.3, 0.4) is 0 Å². The number of hydrogen-bond acceptors (Lipinski definition) is 3. The Balaban J connectivity index is 1.82. The molecule has 1 aromatic carbocycles. The van der Waals surface area contributed by atoms with E-state index in [2.05, 4.69) is 29.3 Å². The van der Waals surface area contributed by atoms with Crippen molar-refractivity contribution in [2.24, 2.45) is 0 Å². The number of alkyl halides is 3. The van der Waals surface area contributed by atoms with E-state index in [9.17, 15) is 13.2 Å². The van der Waals surface area contributed by atoms with Crippen LogP contribution in [0.25, 0.3) is 0 Å². The van der Waals surface area contributed by atoms with E-state index in [-0.39, 0.29) is 0 Å². The van der Waals surface area contributed by atoms with Gasteiger partial charge in [-0.15, -0.1) is 10.2 Å². The van der Waals surface area contributed by atoms with Crippen LogP contribution in [0.5, 0.6) is 0 Å². The lowest BCUT2D eigenvalue weighted by atomic mass is 10.1. The van der Waals surface area contributed by atoms with Gasteiger partial charge in [-0.1, -0.05) is 36.0 Å². The van der Waals surface area contributed by atoms with Crippen LogP contribution in [0.4, 0.5) is 13.2 Å². The topological polar surface area (TPSA) is 30.7 Å². The second-order valence-electron chi connectivity index (χ2n) is 4.74. The van der Waals surface area contributed by atoms with Crippen LogP contribution in [0.15, 0.2) is 35.7 Å². The molecule has 0 bridgehead atoms. The van der Waals surface area contributed by atoms with Gasteiger partial charge in [0.15, 0.2) is 5.16 Å². The van der Waals surface area contributed by atoms with Gasteiger partial charge in [-0.05, 0) is 30.9 Å². The quantitative estimate of drug-likeness (QED) is 0.599. The Morgan fingerprint density at radius 3 is 2.71 bits per heavy atom. The van der Waals surface area contributed by atoms with E-state index < -0.39 is 12.7 Å². The first-order valence-electron chi connectivity index (χ1n) is 6.57. The second kappa shape index (κ2) is 6.98. The van der Waals surface area contributed by atoms with Gasteiger partial charge in [-0.2, -0.15) is 13.2 Å². The predicted molar refractivity (Wildman–Crippen MR) is 76.3 cm³/mol. The molecule has 0 unspecified atom stereocenters. The fraction of sp³-hybridized carbons (Fsp3) is 0.429. The highest BCUT2D eigenvalue weighted by molar-refractivity contribution is 7.99. The number of benzene rings is 1. The molecule has 114 valence electrons. The van der Waals surface area contributed by atoms with Crippen molar-refractivity contribution >= 4 is 11.8 Å². The first-order chi connectivity index (χ1) is 9.96. The summed E-state index contributed by atoms with van der Waals surface area (Å²) in [5.74, 6) is 0.713. The summed E-state index contributed by atoms with van der Waals surface area (Å²) in [6, 6.07) is 8.12. The molecule has 0 saturated heterocycles. The summed E-state index contributed by atoms with van der Waals surface area (Å²) >= 11 is 1.31. The maximum Gasteiger partial charge on any atom is 0.406 e. The third kappa shape index (κ3) is 5.08. The highest BCUT2D eigenvalue weighted by Crippen LogP contribution is 2.23. The van der Waals surface area contributed by atoms with E-state index in [1.54, 1.807) is 0 Å². The Labute approximate surface area is 125 Å². The summed E-state index contributed by atoms with van der Waals surface area (Å²) in [5, 5.41) is 7.60. The van der Waals surface area contributed by atoms with Crippen LogP contribution in [0.1, 0.15) is 17.5 Å². The molecule has 0 fully saturated rings. The second-order valence-corrected chi connectivity index (χ2v) is 5.80. The lowest BCUT2D eigenvalue weighted by molar-refractivity contribution is -0.142. The third-order valence-corrected chi connectivity index (χ3v) is 4.08. The molecule has 21 heavy (non-hydrogen) atoms. The van der Waals surface area contributed by atoms with Crippen LogP contribution in [0.2, 0.25) is 0 Å². The summed E-state index contributed by atoms with van der Waals surface area (Å²) in [4.78, 5) is 0. The van der Waals surface area contributed by atoms with Crippen LogP contribution in [0, 0.1) is 6.92 Å². The Morgan fingerprint density at radius 2 is 2.00 bits per heavy atom. The molecule has 0 aliphatic heterocycles. The molecule has 0 saturated carbocycles. The Bertz CT molecular complexity index is 581. The minimum atomic E-state index is -4.25. The zero-order valence-electron chi connectivity index (χ0n) is 11.6. The number of nitrogens with zero attached hydrogens (tertiary/aromatic N) is 3. The summed E-state index contributed by atoms with van der Waals surface area (Å²) in [5.41, 5.74) is 2.51. The molecule has 1 heterocycles. The van der Waals surface area contributed by atoms with Gasteiger partial charge in [0.25, 0.3) is 0 Å². The zero-order chi connectivity index (χ0) is 15.3. The monoisotopic (exact) mass is 315 g/mol. The fourth-order valence-corrected chi connectivity index (χ4v) is 2.83. The largest absolute Gasteiger partial charge is 0.406 e. The Morgan fingerprint density at radius 1 is 1.24 bits per heavy atom. The highest BCUT2D eigenvalue weighted by Gasteiger charge is 2.29. The van der Waals surface area contributed by atoms with Crippen molar-refractivity contribution in [1.29, 1.82) is 0 Å². The van der Waals surface area contributed by atoms with Crippen molar-refractivity contribution in [3.8, 4) is 0 Å². The molecule has 3 nitrogen and oxygen atoms in total. The minimum Gasteiger partial charge on any atom is -0.299 e. The van der Waals surface area contributed by atoms with Crippen molar-refractivity contribution in [3.63, 3.8) is 0 Å². The van der Waals surface area contributed by atoms with Crippen LogP contribution >= 0.6 is 11.8 Å². The molecule has 0 spiro atoms. The van der Waals surface area contributed by atoms with Gasteiger partial charge in [0.05, 0.1) is 0 Å². The lowest BCUT2D eigenvalue weighted by Crippen LogP contribution is -2.17.